The van der Waals surface area contributed by atoms with E-state index in [0.29, 0.717) is 43.0 Å². The lowest BCUT2D eigenvalue weighted by molar-refractivity contribution is 0.181. The molecule has 1 fully saturated rings. The van der Waals surface area contributed by atoms with Crippen LogP contribution < -0.4 is 9.64 Å². The largest absolute Gasteiger partial charge is 0.477 e. The second kappa shape index (κ2) is 10.2. The van der Waals surface area contributed by atoms with Crippen LogP contribution >= 0.6 is 0 Å². The van der Waals surface area contributed by atoms with Crippen LogP contribution in [0.15, 0.2) is 51.4 Å². The first-order valence-electron chi connectivity index (χ1n) is 11.8. The zero-order chi connectivity index (χ0) is 25.1. The van der Waals surface area contributed by atoms with Gasteiger partial charge in [0.1, 0.15) is 11.3 Å². The van der Waals surface area contributed by atoms with Gasteiger partial charge in [0.2, 0.25) is 12.1 Å². The number of aromatic nitrogens is 3. The lowest BCUT2D eigenvalue weighted by atomic mass is 10.1. The third-order valence-electron chi connectivity index (χ3n) is 6.33. The summed E-state index contributed by atoms with van der Waals surface area (Å²) >= 11 is 0. The Morgan fingerprint density at radius 1 is 1.33 bits per heavy atom. The molecule has 1 aliphatic rings. The van der Waals surface area contributed by atoms with Crippen molar-refractivity contribution in [2.24, 2.45) is 4.36 Å². The van der Waals surface area contributed by atoms with E-state index in [9.17, 15) is 4.21 Å². The van der Waals surface area contributed by atoms with E-state index in [1.807, 2.05) is 24.3 Å². The monoisotopic (exact) mass is 508 g/mol. The minimum absolute atomic E-state index is 0.280. The molecule has 4 aromatic rings. The molecule has 1 aliphatic heterocycles. The van der Waals surface area contributed by atoms with Gasteiger partial charge < -0.3 is 18.8 Å². The summed E-state index contributed by atoms with van der Waals surface area (Å²) in [5, 5.41) is 14.3. The summed E-state index contributed by atoms with van der Waals surface area (Å²) in [6.07, 6.45) is 7.56. The molecule has 0 radical (unpaired) electrons. The van der Waals surface area contributed by atoms with E-state index in [1.54, 1.807) is 30.1 Å². The molecule has 3 aromatic heterocycles. The molecule has 0 spiro atoms. The molecule has 1 saturated heterocycles. The van der Waals surface area contributed by atoms with E-state index in [4.69, 9.17) is 19.2 Å². The Balaban J connectivity index is 1.40. The average Bonchev–Trinajstić information content (AvgIpc) is 3.59. The molecule has 36 heavy (non-hydrogen) atoms. The molecule has 0 saturated carbocycles. The fourth-order valence-corrected chi connectivity index (χ4v) is 5.60. The molecule has 10 nitrogen and oxygen atoms in total. The van der Waals surface area contributed by atoms with Crippen molar-refractivity contribution in [2.45, 2.75) is 25.3 Å². The number of nitrogens with zero attached hydrogens (tertiary/aromatic N) is 6. The molecule has 2 atom stereocenters. The summed E-state index contributed by atoms with van der Waals surface area (Å²) in [7, 11) is -0.763. The number of imidazole rings is 1. The van der Waals surface area contributed by atoms with Crippen LogP contribution in [0, 0.1) is 11.5 Å². The van der Waals surface area contributed by atoms with Gasteiger partial charge in [-0.15, -0.1) is 9.46 Å². The van der Waals surface area contributed by atoms with E-state index in [-0.39, 0.29) is 5.75 Å². The molecule has 4 heterocycles. The third-order valence-corrected chi connectivity index (χ3v) is 7.84. The van der Waals surface area contributed by atoms with Gasteiger partial charge in [-0.3, -0.25) is 0 Å². The number of fused-ring (bicyclic) bond motifs is 2. The Morgan fingerprint density at radius 3 is 3.06 bits per heavy atom. The smallest absolute Gasteiger partial charge is 0.231 e. The standard InChI is InChI=1S/C25H28N6O4S/c1-33-16-18-6-4-11-30(18)20-7-3-8-22-19(20)14-23(35-22)21-15-27-24-9-10-25(29-31(21)24)34-12-5-13-36(2,32)28-17-26/h3,7-10,14-15,18H,4-6,11-13,16H2,1-2H3. The van der Waals surface area contributed by atoms with Gasteiger partial charge in [0.05, 0.1) is 35.2 Å². The molecular weight excluding hydrogens is 480 g/mol. The van der Waals surface area contributed by atoms with Crippen LogP contribution in [0.4, 0.5) is 5.69 Å². The van der Waals surface area contributed by atoms with E-state index in [2.05, 4.69) is 25.4 Å². The van der Waals surface area contributed by atoms with Crippen LogP contribution in [0.25, 0.3) is 28.1 Å². The summed E-state index contributed by atoms with van der Waals surface area (Å²) in [5.74, 6) is 1.36. The fourth-order valence-electron chi connectivity index (χ4n) is 4.68. The summed E-state index contributed by atoms with van der Waals surface area (Å²) < 4.78 is 34.7. The number of methoxy groups -OCH3 is 1. The van der Waals surface area contributed by atoms with Gasteiger partial charge in [-0.05, 0) is 43.5 Å². The second-order valence-corrected chi connectivity index (χ2v) is 11.4. The lowest BCUT2D eigenvalue weighted by Crippen LogP contribution is -2.32. The maximum atomic E-state index is 12.1. The van der Waals surface area contributed by atoms with Crippen LogP contribution in [0.1, 0.15) is 19.3 Å². The Morgan fingerprint density at radius 2 is 2.22 bits per heavy atom. The Kier molecular flexibility index (Phi) is 6.80. The molecule has 0 N–H and O–H groups in total. The van der Waals surface area contributed by atoms with Gasteiger partial charge in [-0.25, -0.2) is 13.7 Å². The summed E-state index contributed by atoms with van der Waals surface area (Å²) in [6.45, 7) is 1.99. The second-order valence-electron chi connectivity index (χ2n) is 8.89. The van der Waals surface area contributed by atoms with Gasteiger partial charge in [-0.2, -0.15) is 5.26 Å². The molecule has 1 aromatic carbocycles. The van der Waals surface area contributed by atoms with Crippen LogP contribution in [-0.2, 0) is 14.5 Å². The highest BCUT2D eigenvalue weighted by Crippen LogP contribution is 2.37. The van der Waals surface area contributed by atoms with E-state index in [1.165, 1.54) is 6.26 Å². The minimum Gasteiger partial charge on any atom is -0.477 e. The molecule has 0 bridgehead atoms. The molecule has 0 aliphatic carbocycles. The van der Waals surface area contributed by atoms with Crippen molar-refractivity contribution < 1.29 is 18.1 Å². The Labute approximate surface area is 209 Å². The molecule has 11 heteroatoms. The SMILES string of the molecule is COCC1CCCN1c1cccc2oc(-c3cnc4ccc(OCCCS(C)(=O)=NC#N)nn34)cc12. The Bertz CT molecular complexity index is 1550. The number of ether oxygens (including phenoxy) is 2. The maximum absolute atomic E-state index is 12.1. The van der Waals surface area contributed by atoms with Crippen molar-refractivity contribution in [3.05, 3.63) is 42.6 Å². The van der Waals surface area contributed by atoms with Crippen molar-refractivity contribution in [3.63, 3.8) is 0 Å². The highest BCUT2D eigenvalue weighted by Gasteiger charge is 2.27. The van der Waals surface area contributed by atoms with Gasteiger partial charge in [0, 0.05) is 42.8 Å². The van der Waals surface area contributed by atoms with E-state index in [0.717, 1.165) is 41.7 Å². The van der Waals surface area contributed by atoms with E-state index >= 15 is 0 Å². The normalized spacial score (nSPS) is 17.4. The quantitative estimate of drug-likeness (QED) is 0.245. The van der Waals surface area contributed by atoms with Crippen molar-refractivity contribution in [1.29, 1.82) is 5.26 Å². The third kappa shape index (κ3) is 4.87. The molecule has 188 valence electrons. The first kappa shape index (κ1) is 24.1. The molecule has 5 rings (SSSR count). The lowest BCUT2D eigenvalue weighted by Gasteiger charge is -2.26. The van der Waals surface area contributed by atoms with Crippen molar-refractivity contribution in [2.75, 3.05) is 43.8 Å². The van der Waals surface area contributed by atoms with Gasteiger partial charge in [-0.1, -0.05) is 6.07 Å². The Hall–Kier alpha value is -3.62. The zero-order valence-electron chi connectivity index (χ0n) is 20.3. The molecular formula is C25H28N6O4S. The van der Waals surface area contributed by atoms with Crippen LogP contribution in [-0.4, -0.2) is 63.7 Å². The predicted molar refractivity (Wildman–Crippen MR) is 138 cm³/mol. The van der Waals surface area contributed by atoms with E-state index < -0.39 is 9.73 Å². The number of benzene rings is 1. The number of rotatable bonds is 9. The summed E-state index contributed by atoms with van der Waals surface area (Å²) in [5.41, 5.74) is 3.33. The van der Waals surface area contributed by atoms with Gasteiger partial charge >= 0.3 is 0 Å². The number of furan rings is 1. The van der Waals surface area contributed by atoms with Crippen LogP contribution in [0.5, 0.6) is 5.88 Å². The topological polar surface area (TPSA) is 118 Å². The highest BCUT2D eigenvalue weighted by molar-refractivity contribution is 7.92. The number of nitriles is 1. The van der Waals surface area contributed by atoms with Crippen molar-refractivity contribution in [3.8, 4) is 23.5 Å². The van der Waals surface area contributed by atoms with Crippen molar-refractivity contribution >= 4 is 32.0 Å². The first-order chi connectivity index (χ1) is 17.5. The first-order valence-corrected chi connectivity index (χ1v) is 13.9. The summed E-state index contributed by atoms with van der Waals surface area (Å²) in [4.78, 5) is 6.87. The van der Waals surface area contributed by atoms with Gasteiger partial charge in [0.25, 0.3) is 0 Å². The zero-order valence-corrected chi connectivity index (χ0v) is 21.1. The number of anilines is 1. The highest BCUT2D eigenvalue weighted by atomic mass is 32.2. The number of hydrogen-bond acceptors (Lipinski definition) is 9. The van der Waals surface area contributed by atoms with Crippen molar-refractivity contribution in [1.82, 2.24) is 14.6 Å². The fraction of sp³-hybridized carbons (Fsp3) is 0.400. The molecule has 2 unspecified atom stereocenters. The molecule has 0 amide bonds. The summed E-state index contributed by atoms with van der Waals surface area (Å²) in [6, 6.07) is 12.1. The van der Waals surface area contributed by atoms with Crippen LogP contribution in [0.2, 0.25) is 0 Å². The van der Waals surface area contributed by atoms with Crippen LogP contribution in [0.3, 0.4) is 0 Å². The average molecular weight is 509 g/mol. The number of hydrogen-bond donors (Lipinski definition) is 0. The minimum atomic E-state index is -2.51. The predicted octanol–water partition coefficient (Wildman–Crippen LogP) is 4.11. The van der Waals surface area contributed by atoms with Gasteiger partial charge in [0.15, 0.2) is 11.4 Å². The maximum Gasteiger partial charge on any atom is 0.231 e.